The summed E-state index contributed by atoms with van der Waals surface area (Å²) in [6, 6.07) is 80.4. The Labute approximate surface area is 358 Å². The van der Waals surface area contributed by atoms with E-state index in [0.717, 1.165) is 44.7 Å². The van der Waals surface area contributed by atoms with E-state index in [1.54, 1.807) is 0 Å². The maximum atomic E-state index is 6.34. The van der Waals surface area contributed by atoms with E-state index in [4.69, 9.17) is 4.42 Å². The average molecular weight is 789 g/mol. The molecule has 0 amide bonds. The number of furan rings is 1. The lowest BCUT2D eigenvalue weighted by Crippen LogP contribution is -2.31. The summed E-state index contributed by atoms with van der Waals surface area (Å²) in [6.45, 7) is 0. The summed E-state index contributed by atoms with van der Waals surface area (Å²) in [7, 11) is 0. The fraction of sp³-hybridized carbons (Fsp3) is 0.0169. The summed E-state index contributed by atoms with van der Waals surface area (Å²) in [4.78, 5) is 2.43. The van der Waals surface area contributed by atoms with E-state index in [-0.39, 0.29) is 0 Å². The Morgan fingerprint density at radius 1 is 0.371 bits per heavy atom. The zero-order valence-corrected chi connectivity index (χ0v) is 33.6. The highest BCUT2D eigenvalue weighted by Gasteiger charge is 2.50. The zero-order chi connectivity index (χ0) is 40.5. The minimum absolute atomic E-state index is 0.576. The van der Waals surface area contributed by atoms with Gasteiger partial charge >= 0.3 is 0 Å². The van der Waals surface area contributed by atoms with Gasteiger partial charge in [-0.1, -0.05) is 146 Å². The summed E-state index contributed by atoms with van der Waals surface area (Å²) in [5, 5.41) is 7.38. The molecule has 0 saturated heterocycles. The third kappa shape index (κ3) is 4.39. The fourth-order valence-corrected chi connectivity index (χ4v) is 11.3. The van der Waals surface area contributed by atoms with Gasteiger partial charge in [0, 0.05) is 44.3 Å². The van der Waals surface area contributed by atoms with E-state index in [2.05, 4.69) is 222 Å². The number of fused-ring (bicyclic) bond motifs is 10. The molecule has 0 saturated carbocycles. The molecule has 2 aromatic heterocycles. The van der Waals surface area contributed by atoms with Gasteiger partial charge in [0.2, 0.25) is 0 Å². The molecule has 2 aliphatic carbocycles. The number of hydrogen-bond donors (Lipinski definition) is 0. The third-order valence-corrected chi connectivity index (χ3v) is 13.7. The normalized spacial score (nSPS) is 13.3. The molecule has 0 N–H and O–H groups in total. The van der Waals surface area contributed by atoms with Crippen molar-refractivity contribution in [2.45, 2.75) is 5.41 Å². The van der Waals surface area contributed by atoms with Crippen molar-refractivity contribution >= 4 is 71.6 Å². The zero-order valence-electron chi connectivity index (χ0n) is 33.6. The molecule has 10 aromatic carbocycles. The SMILES string of the molecule is c1ccc(-c2cccc(-n3c4cccc5c4c4c6c(cc(N(c7ccccc7)c7ccc8oc9ccccc9c8c7)cc6ccc43)C53c4ccccc4-c4ccccc43)c2)cc1. The first kappa shape index (κ1) is 33.7. The van der Waals surface area contributed by atoms with Crippen LogP contribution in [-0.4, -0.2) is 4.57 Å². The van der Waals surface area contributed by atoms with E-state index in [0.29, 0.717) is 0 Å². The van der Waals surface area contributed by atoms with Crippen LogP contribution < -0.4 is 4.90 Å². The minimum Gasteiger partial charge on any atom is -0.456 e. The Kier molecular flexibility index (Phi) is 6.76. The van der Waals surface area contributed by atoms with Crippen LogP contribution >= 0.6 is 0 Å². The molecule has 0 atom stereocenters. The highest BCUT2D eigenvalue weighted by atomic mass is 16.3. The van der Waals surface area contributed by atoms with E-state index < -0.39 is 5.41 Å². The molecule has 12 aromatic rings. The van der Waals surface area contributed by atoms with Crippen LogP contribution in [0.25, 0.3) is 82.5 Å². The lowest BCUT2D eigenvalue weighted by Gasteiger charge is -2.39. The highest BCUT2D eigenvalue weighted by Crippen LogP contribution is 2.63. The maximum Gasteiger partial charge on any atom is 0.135 e. The number of anilines is 3. The number of hydrogen-bond acceptors (Lipinski definition) is 2. The van der Waals surface area contributed by atoms with Crippen LogP contribution in [-0.2, 0) is 5.41 Å². The van der Waals surface area contributed by atoms with Crippen LogP contribution in [0, 0.1) is 0 Å². The van der Waals surface area contributed by atoms with Gasteiger partial charge in [-0.25, -0.2) is 0 Å². The number of rotatable bonds is 5. The molecule has 0 fully saturated rings. The van der Waals surface area contributed by atoms with E-state index in [1.807, 2.05) is 6.07 Å². The monoisotopic (exact) mass is 788 g/mol. The molecule has 62 heavy (non-hydrogen) atoms. The van der Waals surface area contributed by atoms with Gasteiger partial charge in [-0.2, -0.15) is 0 Å². The lowest BCUT2D eigenvalue weighted by molar-refractivity contribution is 0.669. The van der Waals surface area contributed by atoms with Gasteiger partial charge in [0.25, 0.3) is 0 Å². The van der Waals surface area contributed by atoms with Crippen molar-refractivity contribution in [3.63, 3.8) is 0 Å². The molecular formula is C59H36N2O. The second-order valence-electron chi connectivity index (χ2n) is 16.8. The van der Waals surface area contributed by atoms with Gasteiger partial charge in [-0.15, -0.1) is 0 Å². The number of nitrogens with zero attached hydrogens (tertiary/aromatic N) is 2. The topological polar surface area (TPSA) is 21.3 Å². The first-order valence-corrected chi connectivity index (χ1v) is 21.4. The van der Waals surface area contributed by atoms with Crippen molar-refractivity contribution in [2.75, 3.05) is 4.90 Å². The molecule has 14 rings (SSSR count). The molecule has 2 heterocycles. The third-order valence-electron chi connectivity index (χ3n) is 13.7. The molecule has 0 aliphatic heterocycles. The molecule has 0 bridgehead atoms. The van der Waals surface area contributed by atoms with Crippen LogP contribution in [0.1, 0.15) is 22.3 Å². The Morgan fingerprint density at radius 3 is 1.85 bits per heavy atom. The Bertz CT molecular complexity index is 3770. The van der Waals surface area contributed by atoms with Gasteiger partial charge in [-0.3, -0.25) is 0 Å². The van der Waals surface area contributed by atoms with E-state index in [1.165, 1.54) is 77.1 Å². The Hall–Kier alpha value is -8.14. The predicted molar refractivity (Wildman–Crippen MR) is 257 cm³/mol. The Morgan fingerprint density at radius 2 is 1.03 bits per heavy atom. The molecule has 2 aliphatic rings. The molecule has 3 nitrogen and oxygen atoms in total. The minimum atomic E-state index is -0.576. The average Bonchev–Trinajstić information content (AvgIpc) is 3.98. The summed E-state index contributed by atoms with van der Waals surface area (Å²) in [5.74, 6) is 0. The summed E-state index contributed by atoms with van der Waals surface area (Å²) >= 11 is 0. The largest absolute Gasteiger partial charge is 0.456 e. The van der Waals surface area contributed by atoms with Crippen LogP contribution in [0.2, 0.25) is 0 Å². The van der Waals surface area contributed by atoms with Gasteiger partial charge in [0.1, 0.15) is 11.2 Å². The van der Waals surface area contributed by atoms with Gasteiger partial charge < -0.3 is 13.9 Å². The van der Waals surface area contributed by atoms with Crippen molar-refractivity contribution in [1.29, 1.82) is 0 Å². The van der Waals surface area contributed by atoms with Gasteiger partial charge in [-0.05, 0) is 128 Å². The second-order valence-corrected chi connectivity index (χ2v) is 16.8. The van der Waals surface area contributed by atoms with Crippen molar-refractivity contribution in [3.05, 3.63) is 241 Å². The highest BCUT2D eigenvalue weighted by molar-refractivity contribution is 6.27. The molecule has 0 radical (unpaired) electrons. The van der Waals surface area contributed by atoms with Crippen molar-refractivity contribution in [2.24, 2.45) is 0 Å². The quantitative estimate of drug-likeness (QED) is 0.173. The Balaban J connectivity index is 1.12. The molecule has 288 valence electrons. The first-order chi connectivity index (χ1) is 30.8. The number of aromatic nitrogens is 1. The van der Waals surface area contributed by atoms with Gasteiger partial charge in [0.05, 0.1) is 16.4 Å². The van der Waals surface area contributed by atoms with Crippen LogP contribution in [0.5, 0.6) is 0 Å². The molecular weight excluding hydrogens is 753 g/mol. The van der Waals surface area contributed by atoms with E-state index >= 15 is 0 Å². The summed E-state index contributed by atoms with van der Waals surface area (Å²) in [5.41, 5.74) is 18.4. The number of benzene rings is 10. The van der Waals surface area contributed by atoms with Crippen LogP contribution in [0.4, 0.5) is 17.1 Å². The maximum absolute atomic E-state index is 6.34. The summed E-state index contributed by atoms with van der Waals surface area (Å²) < 4.78 is 8.84. The van der Waals surface area contributed by atoms with Crippen LogP contribution in [0.3, 0.4) is 0 Å². The standard InChI is InChI=1S/C59H36N2O/c1-3-15-37(16-4-1)38-17-13-20-41(33-38)61-52-27-14-26-50-57(52)58-53(61)31-29-39-34-43(36-51(56(39)58)59(50)48-24-10-7-21-44(48)45-22-8-11-25-49(45)59)60(40-18-5-2-6-19-40)42-30-32-55-47(35-42)46-23-9-12-28-54(46)62-55/h1-36H. The number of para-hydroxylation sites is 2. The van der Waals surface area contributed by atoms with Crippen LogP contribution in [0.15, 0.2) is 223 Å². The van der Waals surface area contributed by atoms with Crippen molar-refractivity contribution < 1.29 is 4.42 Å². The first-order valence-electron chi connectivity index (χ1n) is 21.4. The lowest BCUT2D eigenvalue weighted by atomic mass is 9.63. The van der Waals surface area contributed by atoms with Gasteiger partial charge in [0.15, 0.2) is 0 Å². The molecule has 3 heteroatoms. The fourth-order valence-electron chi connectivity index (χ4n) is 11.3. The van der Waals surface area contributed by atoms with E-state index in [9.17, 15) is 0 Å². The molecule has 1 spiro atoms. The molecule has 0 unspecified atom stereocenters. The summed E-state index contributed by atoms with van der Waals surface area (Å²) in [6.07, 6.45) is 0. The predicted octanol–water partition coefficient (Wildman–Crippen LogP) is 15.6. The smallest absolute Gasteiger partial charge is 0.135 e. The van der Waals surface area contributed by atoms with Crippen molar-refractivity contribution in [1.82, 2.24) is 4.57 Å². The second kappa shape index (κ2) is 12.4. The van der Waals surface area contributed by atoms with Crippen molar-refractivity contribution in [3.8, 4) is 27.9 Å².